The number of isocyanates is 1. The quantitative estimate of drug-likeness (QED) is 0.00840. The van der Waals surface area contributed by atoms with Gasteiger partial charge in [-0.2, -0.15) is 29.2 Å². The summed E-state index contributed by atoms with van der Waals surface area (Å²) in [5.74, 6) is -3.19. The molecule has 6 aliphatic rings. The van der Waals surface area contributed by atoms with Crippen molar-refractivity contribution >= 4 is 97.5 Å². The Morgan fingerprint density at radius 2 is 0.861 bits per heavy atom. The number of nitrogens with zero attached hydrogens (tertiary/aromatic N) is 7. The monoisotopic (exact) mass is 2050 g/mol. The molecule has 6 fully saturated rings. The number of aliphatic hydroxyl groups is 1. The number of carbonyl (C=O) groups is 7. The Hall–Kier alpha value is -12.0. The number of carbonyl (C=O) groups excluding carboxylic acids is 6. The van der Waals surface area contributed by atoms with Crippen LogP contribution in [0.3, 0.4) is 0 Å². The maximum Gasteiger partial charge on any atom is 1.00 e. The van der Waals surface area contributed by atoms with Crippen LogP contribution in [0, 0.1) is 57.5 Å². The SMILES string of the molecule is COS(=O)(=O)OC.CO[C@@H]1C[C@H](C(=O)Nc2cc(C(CCC3CC3)(N[S@](=O)C(C)(C)C)c3cccc(C#N)c3)ccc2F)N(C(=O)OCc2ccccc2)C1.CO[C@@H]1C[C@H](C(=O)O)N(C(=O)OCc2ccccc2)C1.CO[C@H]1CN[C@@H](C(=O)Nc2cc(C(CCC3CC3)(N[S@](=O)C(C)(C)C)c3cccc(C#N)c3)ccc2F)C1.N#Cc1ccc(N=C=O)cc1.O=C(O)[C@H]1C[C@@H](O)CN1C(=O)OCc1ccccc1.[H-].[Na+]. The van der Waals surface area contributed by atoms with Gasteiger partial charge in [0, 0.05) is 47.1 Å². The van der Waals surface area contributed by atoms with Crippen LogP contribution < -0.4 is 55.0 Å². The zero-order valence-electron chi connectivity index (χ0n) is 83.4. The van der Waals surface area contributed by atoms with E-state index in [4.69, 9.17) is 43.9 Å². The van der Waals surface area contributed by atoms with Gasteiger partial charge in [-0.25, -0.2) is 55.4 Å². The van der Waals surface area contributed by atoms with Gasteiger partial charge >= 0.3 is 70.2 Å². The van der Waals surface area contributed by atoms with Crippen molar-refractivity contribution in [2.45, 2.75) is 208 Å². The minimum Gasteiger partial charge on any atom is -1.00 e. The second-order valence-corrected chi connectivity index (χ2v) is 41.9. The van der Waals surface area contributed by atoms with Gasteiger partial charge in [-0.05, 0) is 197 Å². The van der Waals surface area contributed by atoms with E-state index in [0.717, 1.165) is 85.5 Å². The summed E-state index contributed by atoms with van der Waals surface area (Å²) in [5, 5.41) is 63.9. The average Bonchev–Trinajstić information content (AvgIpc) is 1.16. The molecule has 8 aromatic rings. The maximum absolute atomic E-state index is 15.5. The number of aliphatic imine (C=N–C) groups is 1. The Morgan fingerprint density at radius 3 is 1.22 bits per heavy atom. The van der Waals surface area contributed by atoms with E-state index in [1.807, 2.05) is 145 Å². The molecule has 8 N–H and O–H groups in total. The number of hydrogen-bond donors (Lipinski definition) is 8. The molecule has 14 rings (SSSR count). The standard InChI is InChI=1S/C37H43FN4O5S.C29H37FN4O3S.C14H17NO5.C13H15NO5.C8H4N2O.C2H6O4S.Na.H/c1-36(2,3)48(45)41-37(18-17-25-13-14-25,28-12-8-11-27(19-28)22-39)29-15-16-31(38)32(20-29)40-34(43)33-21-30(46-4)23-42(33)35(44)47-24-26-9-6-5-7-10-26;1-28(2,3)38(36)34-29(13-12-19-8-9-19,21-7-5-6-20(14-21)17-31)22-10-11-24(30)25(15-22)33-27(35)26-16-23(37-4)18-32-26;1-19-11-7-12(13(16)17)15(8-11)14(18)20-9-10-5-3-2-4-6-10;15-10-6-11(12(16)17)14(7-10)13(18)19-8-9-4-2-1-3-5-9;9-5-7-1-3-8(4-2-7)10-6-11;1-5-7(3,4)6-2;;/h5-12,15-16,19-20,25,30,33,41H,13-14,17-18,21,23-24H2,1-4H3,(H,40,43);5-7,10-11,14-15,19,23,26,32,34H,8-9,12-13,16,18H2,1-4H3,(H,33,35);2-6,11-12H,7-9H2,1H3,(H,16,17);1-5,10-11,15H,6-8H2,(H,16,17);1-4H;1-2H3;;/q;;;;;;+1;-1/t30-,33-,37?,48-;23-,26-,29?,38-;11-,12-;10-,11-;;;;/m1111..../s1. The first-order valence-corrected chi connectivity index (χ1v) is 49.7. The van der Waals surface area contributed by atoms with Gasteiger partial charge in [-0.15, -0.1) is 0 Å². The maximum atomic E-state index is 15.5. The minimum atomic E-state index is -3.66. The van der Waals surface area contributed by atoms with Crippen molar-refractivity contribution in [2.24, 2.45) is 16.8 Å². The fourth-order valence-corrected chi connectivity index (χ4v) is 17.8. The van der Waals surface area contributed by atoms with Crippen molar-refractivity contribution in [3.8, 4) is 18.2 Å². The van der Waals surface area contributed by atoms with Crippen molar-refractivity contribution in [1.29, 1.82) is 15.8 Å². The fraction of sp³-hybridized carbons (Fsp3) is 0.427. The predicted molar refractivity (Wildman–Crippen MR) is 528 cm³/mol. The second-order valence-electron chi connectivity index (χ2n) is 36.5. The van der Waals surface area contributed by atoms with Crippen LogP contribution in [-0.2, 0) is 124 Å². The van der Waals surface area contributed by atoms with Gasteiger partial charge in [-0.1, -0.05) is 153 Å². The first-order chi connectivity index (χ1) is 68.2. The molecule has 12 atom stereocenters. The zero-order chi connectivity index (χ0) is 104. The molecule has 144 heavy (non-hydrogen) atoms. The van der Waals surface area contributed by atoms with Crippen LogP contribution in [-0.4, -0.2) is 215 Å². The first kappa shape index (κ1) is 117. The largest absolute Gasteiger partial charge is 1.00 e. The molecule has 2 saturated carbocycles. The molecule has 0 bridgehead atoms. The van der Waals surface area contributed by atoms with Crippen LogP contribution in [0.25, 0.3) is 0 Å². The predicted octanol–water partition coefficient (Wildman–Crippen LogP) is 11.6. The van der Waals surface area contributed by atoms with Crippen LogP contribution in [0.1, 0.15) is 176 Å². The van der Waals surface area contributed by atoms with E-state index in [1.54, 1.807) is 98.1 Å². The number of rotatable bonds is 32. The van der Waals surface area contributed by atoms with Crippen molar-refractivity contribution in [1.82, 2.24) is 29.5 Å². The average molecular weight is 2050 g/mol. The summed E-state index contributed by atoms with van der Waals surface area (Å²) in [4.78, 5) is 103. The summed E-state index contributed by atoms with van der Waals surface area (Å²) in [5.41, 5.74) is 5.19. The summed E-state index contributed by atoms with van der Waals surface area (Å²) < 4.78 is 123. The van der Waals surface area contributed by atoms with Gasteiger partial charge < -0.3 is 61.1 Å². The van der Waals surface area contributed by atoms with Gasteiger partial charge in [0.25, 0.3) is 0 Å². The van der Waals surface area contributed by atoms with Crippen molar-refractivity contribution < 1.29 is 147 Å². The first-order valence-electron chi connectivity index (χ1n) is 46.1. The summed E-state index contributed by atoms with van der Waals surface area (Å²) in [6.07, 6.45) is 6.25. The molecular weight excluding hydrogens is 1930 g/mol. The van der Waals surface area contributed by atoms with Crippen molar-refractivity contribution in [3.63, 3.8) is 0 Å². The molecule has 4 saturated heterocycles. The topological polar surface area (TPSA) is 493 Å². The molecule has 4 heterocycles. The second kappa shape index (κ2) is 55.9. The summed E-state index contributed by atoms with van der Waals surface area (Å²) in [6.45, 7) is 12.5. The number of β-amino-alcohol motifs (C(OH)–C–C–N with tert-alkyl or cyclic N) is 1. The van der Waals surface area contributed by atoms with Crippen LogP contribution in [0.5, 0.6) is 0 Å². The number of hydrogen-bond acceptors (Lipinski definition) is 26. The van der Waals surface area contributed by atoms with Gasteiger partial charge in [-0.3, -0.25) is 32.7 Å². The third-order valence-electron chi connectivity index (χ3n) is 24.3. The van der Waals surface area contributed by atoms with E-state index in [1.165, 1.54) is 42.2 Å². The third-order valence-corrected chi connectivity index (χ3v) is 28.4. The van der Waals surface area contributed by atoms with Crippen LogP contribution in [0.2, 0.25) is 0 Å². The molecule has 0 spiro atoms. The molecule has 35 nitrogen and oxygen atoms in total. The van der Waals surface area contributed by atoms with Crippen molar-refractivity contribution in [3.05, 3.63) is 267 Å². The number of benzene rings is 8. The number of likely N-dealkylation sites (tertiary alicyclic amines) is 3. The molecule has 5 amide bonds. The minimum absolute atomic E-state index is 0. The van der Waals surface area contributed by atoms with Crippen molar-refractivity contribution in [2.75, 3.05) is 72.4 Å². The Morgan fingerprint density at radius 1 is 0.486 bits per heavy atom. The Labute approximate surface area is 866 Å². The van der Waals surface area contributed by atoms with E-state index in [9.17, 15) is 70.8 Å². The molecule has 8 aromatic carbocycles. The van der Waals surface area contributed by atoms with Crippen LogP contribution in [0.4, 0.5) is 40.2 Å². The molecule has 766 valence electrons. The smallest absolute Gasteiger partial charge is 1.00 e. The Bertz CT molecular complexity index is 6010. The summed E-state index contributed by atoms with van der Waals surface area (Å²) in [6, 6.07) is 60.5. The number of carboxylic acid groups (broad SMARTS) is 2. The third kappa shape index (κ3) is 34.9. The molecule has 41 heteroatoms. The fourth-order valence-electron chi connectivity index (χ4n) is 15.7. The number of ether oxygens (including phenoxy) is 6. The van der Waals surface area contributed by atoms with Crippen LogP contribution in [0.15, 0.2) is 205 Å². The summed E-state index contributed by atoms with van der Waals surface area (Å²) in [7, 11) is -0.0160. The van der Waals surface area contributed by atoms with E-state index < -0.39 is 137 Å². The number of nitriles is 3. The normalized spacial score (nSPS) is 19.5. The van der Waals surface area contributed by atoms with E-state index in [-0.39, 0.29) is 119 Å². The Kier molecular flexibility index (Phi) is 45.6. The zero-order valence-corrected chi connectivity index (χ0v) is 86.8. The molecular formula is C103H123F2N12NaO23S3. The number of aliphatic carboxylic acids is 2. The summed E-state index contributed by atoms with van der Waals surface area (Å²) >= 11 is 0. The number of anilines is 2. The Balaban J connectivity index is 0.000000259. The van der Waals surface area contributed by atoms with Gasteiger partial charge in [0.2, 0.25) is 17.9 Å². The number of halogens is 2. The number of aliphatic hydroxyl groups excluding tert-OH is 1. The number of nitrogens with one attached hydrogen (secondary N) is 5. The number of amides is 5. The van der Waals surface area contributed by atoms with E-state index >= 15 is 8.78 Å². The van der Waals surface area contributed by atoms with Crippen LogP contribution >= 0.6 is 0 Å². The van der Waals surface area contributed by atoms with Gasteiger partial charge in [0.05, 0.1) is 159 Å². The van der Waals surface area contributed by atoms with Gasteiger partial charge in [0.15, 0.2) is 0 Å². The molecule has 2 aliphatic carbocycles. The number of methoxy groups -OCH3 is 3. The van der Waals surface area contributed by atoms with Gasteiger partial charge in [0.1, 0.15) is 49.6 Å². The number of carboxylic acids is 2. The molecule has 0 radical (unpaired) electrons. The molecule has 0 aromatic heterocycles. The molecule has 2 unspecified atom stereocenters. The van der Waals surface area contributed by atoms with E-state index in [2.05, 4.69) is 50.9 Å². The van der Waals surface area contributed by atoms with E-state index in [0.29, 0.717) is 71.1 Å². The molecule has 4 aliphatic heterocycles.